The summed E-state index contributed by atoms with van der Waals surface area (Å²) in [6.45, 7) is 13.1. The molecule has 0 atom stereocenters. The first kappa shape index (κ1) is 16.8. The molecule has 0 amide bonds. The Morgan fingerprint density at radius 3 is 1.89 bits per heavy atom. The molecule has 1 heterocycles. The fourth-order valence-electron chi connectivity index (χ4n) is 0.995. The van der Waals surface area contributed by atoms with Crippen LogP contribution < -0.4 is 0 Å². The van der Waals surface area contributed by atoms with Crippen LogP contribution in [0.25, 0.3) is 10.9 Å². The van der Waals surface area contributed by atoms with Gasteiger partial charge in [0.1, 0.15) is 0 Å². The van der Waals surface area contributed by atoms with E-state index in [4.69, 9.17) is 0 Å². The lowest BCUT2D eigenvalue weighted by Gasteiger charge is -1.90. The average molecular weight is 247 g/mol. The second kappa shape index (κ2) is 9.76. The third-order valence-corrected chi connectivity index (χ3v) is 2.28. The summed E-state index contributed by atoms with van der Waals surface area (Å²) in [5.74, 6) is 1.72. The maximum atomic E-state index is 3.12. The van der Waals surface area contributed by atoms with Crippen LogP contribution in [0, 0.1) is 11.8 Å². The highest BCUT2D eigenvalue weighted by Crippen LogP contribution is 2.09. The van der Waals surface area contributed by atoms with E-state index in [2.05, 4.69) is 64.7 Å². The van der Waals surface area contributed by atoms with Crippen molar-refractivity contribution in [3.8, 4) is 0 Å². The van der Waals surface area contributed by atoms with Gasteiger partial charge in [-0.05, 0) is 29.4 Å². The van der Waals surface area contributed by atoms with Crippen LogP contribution in [0.3, 0.4) is 0 Å². The summed E-state index contributed by atoms with van der Waals surface area (Å²) in [6.07, 6.45) is 3.25. The number of hydrogen-bond donors (Lipinski definition) is 1. The van der Waals surface area contributed by atoms with Crippen LogP contribution in [-0.4, -0.2) is 4.98 Å². The summed E-state index contributed by atoms with van der Waals surface area (Å²) in [6, 6.07) is 10.3. The van der Waals surface area contributed by atoms with E-state index in [1.54, 1.807) is 0 Å². The molecule has 102 valence electrons. The van der Waals surface area contributed by atoms with Gasteiger partial charge in [0.15, 0.2) is 0 Å². The number of rotatable bonds is 1. The van der Waals surface area contributed by atoms with Crippen LogP contribution in [0.15, 0.2) is 36.5 Å². The topological polar surface area (TPSA) is 15.8 Å². The van der Waals surface area contributed by atoms with Crippen molar-refractivity contribution < 1.29 is 0 Å². The minimum absolute atomic E-state index is 0.833. The second-order valence-electron chi connectivity index (χ2n) is 5.60. The largest absolute Gasteiger partial charge is 0.361 e. The Hall–Kier alpha value is -1.24. The lowest BCUT2D eigenvalue weighted by molar-refractivity contribution is 0.626. The van der Waals surface area contributed by atoms with E-state index < -0.39 is 0 Å². The number of hydrogen-bond acceptors (Lipinski definition) is 0. The smallest absolute Gasteiger partial charge is 0.0453 e. The van der Waals surface area contributed by atoms with Crippen LogP contribution in [0.1, 0.15) is 48.0 Å². The Labute approximate surface area is 113 Å². The van der Waals surface area contributed by atoms with Gasteiger partial charge in [-0.1, -0.05) is 66.2 Å². The summed E-state index contributed by atoms with van der Waals surface area (Å²) in [4.78, 5) is 3.12. The normalized spacial score (nSPS) is 9.78. The standard InChI is InChI=1S/C8H7N.C5H12.C4H10/c1-2-4-8-7(3-1)5-6-9-8;1-4-5(2)3;1-4(2)3/h1-6,9H;5H,4H2,1-3H3;4H,1-3H3. The summed E-state index contributed by atoms with van der Waals surface area (Å²) in [5, 5.41) is 1.28. The summed E-state index contributed by atoms with van der Waals surface area (Å²) in [5.41, 5.74) is 1.21. The maximum absolute atomic E-state index is 3.12. The van der Waals surface area contributed by atoms with E-state index in [-0.39, 0.29) is 0 Å². The minimum atomic E-state index is 0.833. The molecular formula is C17H29N. The van der Waals surface area contributed by atoms with E-state index in [1.165, 1.54) is 17.3 Å². The highest BCUT2D eigenvalue weighted by atomic mass is 14.6. The predicted octanol–water partition coefficient (Wildman–Crippen LogP) is 5.88. The molecule has 0 saturated carbocycles. The zero-order valence-corrected chi connectivity index (χ0v) is 12.8. The molecule has 0 fully saturated rings. The molecule has 0 unspecified atom stereocenters. The van der Waals surface area contributed by atoms with Crippen LogP contribution in [0.2, 0.25) is 0 Å². The zero-order valence-electron chi connectivity index (χ0n) is 12.8. The molecule has 0 aliphatic rings. The van der Waals surface area contributed by atoms with Gasteiger partial charge in [0, 0.05) is 11.7 Å². The number of benzene rings is 1. The Morgan fingerprint density at radius 1 is 0.944 bits per heavy atom. The third kappa shape index (κ3) is 8.86. The van der Waals surface area contributed by atoms with Gasteiger partial charge < -0.3 is 4.98 Å². The van der Waals surface area contributed by atoms with Gasteiger partial charge in [-0.3, -0.25) is 0 Å². The molecule has 0 radical (unpaired) electrons. The Morgan fingerprint density at radius 2 is 1.44 bits per heavy atom. The summed E-state index contributed by atoms with van der Waals surface area (Å²) in [7, 11) is 0. The van der Waals surface area contributed by atoms with Gasteiger partial charge in [-0.25, -0.2) is 0 Å². The Bertz CT molecular complexity index is 366. The molecule has 1 aromatic heterocycles. The second-order valence-corrected chi connectivity index (χ2v) is 5.60. The van der Waals surface area contributed by atoms with Crippen molar-refractivity contribution in [2.75, 3.05) is 0 Å². The zero-order chi connectivity index (χ0) is 14.0. The van der Waals surface area contributed by atoms with Gasteiger partial charge >= 0.3 is 0 Å². The van der Waals surface area contributed by atoms with E-state index in [1.807, 2.05) is 18.3 Å². The molecule has 0 aliphatic carbocycles. The Kier molecular flexibility index (Phi) is 9.08. The first-order valence-electron chi connectivity index (χ1n) is 6.99. The summed E-state index contributed by atoms with van der Waals surface area (Å²) >= 11 is 0. The predicted molar refractivity (Wildman–Crippen MR) is 83.9 cm³/mol. The monoisotopic (exact) mass is 247 g/mol. The van der Waals surface area contributed by atoms with E-state index in [9.17, 15) is 0 Å². The number of nitrogens with one attached hydrogen (secondary N) is 1. The third-order valence-electron chi connectivity index (χ3n) is 2.28. The molecule has 2 aromatic rings. The average Bonchev–Trinajstić information content (AvgIpc) is 2.77. The van der Waals surface area contributed by atoms with Crippen molar-refractivity contribution in [2.45, 2.75) is 48.0 Å². The fraction of sp³-hybridized carbons (Fsp3) is 0.529. The lowest BCUT2D eigenvalue weighted by Crippen LogP contribution is -1.77. The first-order chi connectivity index (χ1) is 8.47. The van der Waals surface area contributed by atoms with Crippen molar-refractivity contribution >= 4 is 10.9 Å². The molecular weight excluding hydrogens is 218 g/mol. The number of H-pyrrole nitrogens is 1. The minimum Gasteiger partial charge on any atom is -0.361 e. The van der Waals surface area contributed by atoms with Gasteiger partial charge in [0.2, 0.25) is 0 Å². The lowest BCUT2D eigenvalue weighted by atomic mass is 10.2. The van der Waals surface area contributed by atoms with Crippen molar-refractivity contribution in [1.29, 1.82) is 0 Å². The molecule has 0 saturated heterocycles. The number of aromatic amines is 1. The van der Waals surface area contributed by atoms with Gasteiger partial charge in [-0.2, -0.15) is 0 Å². The number of para-hydroxylation sites is 1. The van der Waals surface area contributed by atoms with Crippen molar-refractivity contribution in [3.05, 3.63) is 36.5 Å². The van der Waals surface area contributed by atoms with Crippen molar-refractivity contribution in [1.82, 2.24) is 4.98 Å². The number of fused-ring (bicyclic) bond motifs is 1. The van der Waals surface area contributed by atoms with Crippen LogP contribution in [0.4, 0.5) is 0 Å². The first-order valence-corrected chi connectivity index (χ1v) is 6.99. The fourth-order valence-corrected chi connectivity index (χ4v) is 0.995. The Balaban J connectivity index is 0.000000278. The molecule has 18 heavy (non-hydrogen) atoms. The van der Waals surface area contributed by atoms with Crippen molar-refractivity contribution in [3.63, 3.8) is 0 Å². The highest BCUT2D eigenvalue weighted by Gasteiger charge is 1.86. The maximum Gasteiger partial charge on any atom is 0.0453 e. The van der Waals surface area contributed by atoms with E-state index in [0.717, 1.165) is 11.8 Å². The number of aromatic nitrogens is 1. The molecule has 1 nitrogen and oxygen atoms in total. The molecule has 0 spiro atoms. The molecule has 2 rings (SSSR count). The molecule has 1 N–H and O–H groups in total. The molecule has 0 aliphatic heterocycles. The molecule has 1 heteroatoms. The van der Waals surface area contributed by atoms with Crippen LogP contribution >= 0.6 is 0 Å². The van der Waals surface area contributed by atoms with Crippen molar-refractivity contribution in [2.24, 2.45) is 11.8 Å². The molecule has 1 aromatic carbocycles. The highest BCUT2D eigenvalue weighted by molar-refractivity contribution is 5.78. The van der Waals surface area contributed by atoms with Crippen LogP contribution in [-0.2, 0) is 0 Å². The SMILES string of the molecule is CC(C)C.CCC(C)C.c1ccc2[nH]ccc2c1. The van der Waals surface area contributed by atoms with E-state index >= 15 is 0 Å². The van der Waals surface area contributed by atoms with Gasteiger partial charge in [-0.15, -0.1) is 0 Å². The molecule has 0 bridgehead atoms. The van der Waals surface area contributed by atoms with Crippen LogP contribution in [0.5, 0.6) is 0 Å². The quantitative estimate of drug-likeness (QED) is 0.647. The van der Waals surface area contributed by atoms with Gasteiger partial charge in [0.25, 0.3) is 0 Å². The van der Waals surface area contributed by atoms with E-state index in [0.29, 0.717) is 0 Å². The summed E-state index contributed by atoms with van der Waals surface area (Å²) < 4.78 is 0. The van der Waals surface area contributed by atoms with Gasteiger partial charge in [0.05, 0.1) is 0 Å².